The van der Waals surface area contributed by atoms with Gasteiger partial charge in [-0.25, -0.2) is 0 Å². The zero-order valence-electron chi connectivity index (χ0n) is 7.98. The third kappa shape index (κ3) is 4.67. The van der Waals surface area contributed by atoms with Gasteiger partial charge in [-0.3, -0.25) is 9.59 Å². The molecular formula is C8H10ClFeN2O4+2. The standard InChI is InChI=1S/C8H10N2O4.ClH.Fe/c9-5(8(13)14)3-10-2-1-6(11)7(12)4-10;;/h1-2,4-5,12H,3,9H2,(H,13,14);1H;/q;;+3/p-1. The minimum absolute atomic E-state index is 0. The van der Waals surface area contributed by atoms with Gasteiger partial charge >= 0.3 is 23.0 Å². The Morgan fingerprint density at radius 3 is 2.56 bits per heavy atom. The van der Waals surface area contributed by atoms with Crippen molar-refractivity contribution in [2.45, 2.75) is 12.6 Å². The average molecular weight is 289 g/mol. The first-order valence-corrected chi connectivity index (χ1v) is 3.88. The molecular weight excluding hydrogens is 279 g/mol. The first-order chi connectivity index (χ1) is 6.50. The molecule has 1 aromatic rings. The SMILES string of the molecule is NC(Cn1ccc(=O)c(O)c1)C(=O)O.[Cl-].[Fe+3]. The third-order valence-corrected chi connectivity index (χ3v) is 1.68. The molecule has 16 heavy (non-hydrogen) atoms. The van der Waals surface area contributed by atoms with Gasteiger partial charge in [-0.1, -0.05) is 0 Å². The predicted octanol–water partition coefficient (Wildman–Crippen LogP) is -4.03. The maximum absolute atomic E-state index is 10.8. The summed E-state index contributed by atoms with van der Waals surface area (Å²) in [5.74, 6) is -1.56. The van der Waals surface area contributed by atoms with Crippen LogP contribution in [0.4, 0.5) is 0 Å². The van der Waals surface area contributed by atoms with Gasteiger partial charge in [0.25, 0.3) is 0 Å². The number of halogens is 1. The van der Waals surface area contributed by atoms with E-state index in [9.17, 15) is 9.59 Å². The smallest absolute Gasteiger partial charge is 1.00 e. The summed E-state index contributed by atoms with van der Waals surface area (Å²) in [6.45, 7) is 0.00315. The molecule has 0 amide bonds. The number of carboxylic acids is 1. The molecule has 0 spiro atoms. The van der Waals surface area contributed by atoms with Gasteiger partial charge in [0.2, 0.25) is 5.43 Å². The summed E-state index contributed by atoms with van der Waals surface area (Å²) in [6, 6.07) is 0.0843. The van der Waals surface area contributed by atoms with E-state index in [-0.39, 0.29) is 36.0 Å². The van der Waals surface area contributed by atoms with Crippen LogP contribution in [-0.4, -0.2) is 26.8 Å². The summed E-state index contributed by atoms with van der Waals surface area (Å²) in [6.07, 6.45) is 2.51. The molecule has 1 unspecified atom stereocenters. The van der Waals surface area contributed by atoms with Gasteiger partial charge in [0.15, 0.2) is 5.75 Å². The molecule has 0 bridgehead atoms. The number of hydrogen-bond donors (Lipinski definition) is 3. The van der Waals surface area contributed by atoms with E-state index in [1.165, 1.54) is 10.8 Å². The van der Waals surface area contributed by atoms with Crippen LogP contribution in [0, 0.1) is 0 Å². The van der Waals surface area contributed by atoms with E-state index >= 15 is 0 Å². The summed E-state index contributed by atoms with van der Waals surface area (Å²) >= 11 is 0. The maximum atomic E-state index is 10.8. The molecule has 0 aliphatic carbocycles. The quantitative estimate of drug-likeness (QED) is 0.491. The van der Waals surface area contributed by atoms with Crippen LogP contribution in [0.25, 0.3) is 0 Å². The molecule has 0 fully saturated rings. The van der Waals surface area contributed by atoms with Crippen LogP contribution in [0.2, 0.25) is 0 Å². The van der Waals surface area contributed by atoms with E-state index in [1.54, 1.807) is 0 Å². The Morgan fingerprint density at radius 1 is 1.56 bits per heavy atom. The normalized spacial score (nSPS) is 10.8. The number of carboxylic acid groups (broad SMARTS) is 1. The largest absolute Gasteiger partial charge is 3.00 e. The van der Waals surface area contributed by atoms with E-state index in [0.29, 0.717) is 0 Å². The third-order valence-electron chi connectivity index (χ3n) is 1.68. The molecule has 1 radical (unpaired) electrons. The van der Waals surface area contributed by atoms with Crippen LogP contribution < -0.4 is 23.6 Å². The number of aromatic nitrogens is 1. The number of nitrogens with two attached hydrogens (primary N) is 1. The molecule has 0 aliphatic rings. The summed E-state index contributed by atoms with van der Waals surface area (Å²) in [5.41, 5.74) is 4.75. The fraction of sp³-hybridized carbons (Fsp3) is 0.250. The zero-order chi connectivity index (χ0) is 10.7. The van der Waals surface area contributed by atoms with Crippen molar-refractivity contribution in [3.05, 3.63) is 28.7 Å². The van der Waals surface area contributed by atoms with Crippen LogP contribution in [0.1, 0.15) is 0 Å². The first kappa shape index (κ1) is 17.4. The monoisotopic (exact) mass is 289 g/mol. The molecule has 6 nitrogen and oxygen atoms in total. The molecule has 1 heterocycles. The minimum Gasteiger partial charge on any atom is -1.00 e. The van der Waals surface area contributed by atoms with Crippen molar-refractivity contribution in [1.29, 1.82) is 0 Å². The molecule has 4 N–H and O–H groups in total. The van der Waals surface area contributed by atoms with Crippen LogP contribution in [0.15, 0.2) is 23.3 Å². The molecule has 0 saturated carbocycles. The van der Waals surface area contributed by atoms with Gasteiger partial charge in [-0.05, 0) is 0 Å². The van der Waals surface area contributed by atoms with Crippen molar-refractivity contribution >= 4 is 5.97 Å². The summed E-state index contributed by atoms with van der Waals surface area (Å²) in [7, 11) is 0. The Kier molecular flexibility index (Phi) is 7.93. The fourth-order valence-electron chi connectivity index (χ4n) is 0.931. The van der Waals surface area contributed by atoms with Crippen molar-refractivity contribution in [1.82, 2.24) is 4.57 Å². The number of hydrogen-bond acceptors (Lipinski definition) is 4. The minimum atomic E-state index is -1.14. The Bertz CT molecular complexity index is 409. The van der Waals surface area contributed by atoms with Crippen molar-refractivity contribution in [2.75, 3.05) is 0 Å². The van der Waals surface area contributed by atoms with Gasteiger partial charge < -0.3 is 32.9 Å². The Morgan fingerprint density at radius 2 is 2.12 bits per heavy atom. The van der Waals surface area contributed by atoms with Gasteiger partial charge in [0.05, 0.1) is 0 Å². The van der Waals surface area contributed by atoms with Crippen LogP contribution in [0.5, 0.6) is 5.75 Å². The van der Waals surface area contributed by atoms with E-state index in [4.69, 9.17) is 15.9 Å². The number of carbonyl (C=O) groups is 1. The van der Waals surface area contributed by atoms with Crippen molar-refractivity contribution < 1.29 is 44.5 Å². The summed E-state index contributed by atoms with van der Waals surface area (Å²) in [4.78, 5) is 21.2. The molecule has 0 aromatic carbocycles. The van der Waals surface area contributed by atoms with Gasteiger partial charge in [-0.15, -0.1) is 0 Å². The first-order valence-electron chi connectivity index (χ1n) is 3.88. The van der Waals surface area contributed by atoms with Crippen molar-refractivity contribution in [3.63, 3.8) is 0 Å². The number of aliphatic carboxylic acids is 1. The topological polar surface area (TPSA) is 106 Å². The Hall–Kier alpha value is -1.01. The van der Waals surface area contributed by atoms with E-state index < -0.39 is 23.2 Å². The summed E-state index contributed by atoms with van der Waals surface area (Å²) < 4.78 is 1.34. The molecule has 0 saturated heterocycles. The summed E-state index contributed by atoms with van der Waals surface area (Å²) in [5, 5.41) is 17.5. The van der Waals surface area contributed by atoms with Crippen LogP contribution >= 0.6 is 0 Å². The van der Waals surface area contributed by atoms with Crippen molar-refractivity contribution in [2.24, 2.45) is 5.73 Å². The Balaban J connectivity index is 0. The molecule has 8 heteroatoms. The van der Waals surface area contributed by atoms with Gasteiger partial charge in [0, 0.05) is 25.0 Å². The maximum Gasteiger partial charge on any atom is 3.00 e. The second-order valence-electron chi connectivity index (χ2n) is 2.84. The molecule has 1 atom stereocenters. The van der Waals surface area contributed by atoms with Crippen LogP contribution in [-0.2, 0) is 28.4 Å². The number of nitrogens with zero attached hydrogens (tertiary/aromatic N) is 1. The number of pyridine rings is 1. The average Bonchev–Trinajstić information content (AvgIpc) is 2.11. The fourth-order valence-corrected chi connectivity index (χ4v) is 0.931. The van der Waals surface area contributed by atoms with E-state index in [0.717, 1.165) is 12.3 Å². The Labute approximate surface area is 108 Å². The van der Waals surface area contributed by atoms with E-state index in [2.05, 4.69) is 0 Å². The van der Waals surface area contributed by atoms with Crippen molar-refractivity contribution in [3.8, 4) is 5.75 Å². The molecule has 1 rings (SSSR count). The van der Waals surface area contributed by atoms with Crippen LogP contribution in [0.3, 0.4) is 0 Å². The van der Waals surface area contributed by atoms with Gasteiger partial charge in [-0.2, -0.15) is 0 Å². The second kappa shape index (κ2) is 7.29. The molecule has 89 valence electrons. The molecule has 0 aliphatic heterocycles. The second-order valence-corrected chi connectivity index (χ2v) is 2.84. The number of aromatic hydroxyl groups is 1. The number of rotatable bonds is 3. The zero-order valence-corrected chi connectivity index (χ0v) is 9.84. The van der Waals surface area contributed by atoms with Gasteiger partial charge in [0.1, 0.15) is 6.04 Å². The van der Waals surface area contributed by atoms with E-state index in [1.807, 2.05) is 0 Å². The molecule has 1 aromatic heterocycles. The predicted molar refractivity (Wildman–Crippen MR) is 48.0 cm³/mol.